The topological polar surface area (TPSA) is 120 Å². The van der Waals surface area contributed by atoms with Gasteiger partial charge in [-0.25, -0.2) is 9.97 Å². The number of aliphatic hydroxyl groups excluding tert-OH is 1. The molecule has 2 rings (SSSR count). The molecule has 0 atom stereocenters. The summed E-state index contributed by atoms with van der Waals surface area (Å²) in [5.41, 5.74) is 0.205. The van der Waals surface area contributed by atoms with E-state index in [1.807, 2.05) is 13.8 Å². The molecule has 140 valence electrons. The maximum atomic E-state index is 12.2. The van der Waals surface area contributed by atoms with Gasteiger partial charge in [0.1, 0.15) is 17.7 Å². The van der Waals surface area contributed by atoms with E-state index in [2.05, 4.69) is 25.6 Å². The second-order valence-electron chi connectivity index (χ2n) is 6.00. The molecule has 8 heteroatoms. The van der Waals surface area contributed by atoms with E-state index in [0.29, 0.717) is 42.7 Å². The molecule has 0 radical (unpaired) electrons. The van der Waals surface area contributed by atoms with Crippen LogP contribution in [0.25, 0.3) is 11.0 Å². The van der Waals surface area contributed by atoms with Crippen LogP contribution in [-0.4, -0.2) is 51.6 Å². The van der Waals surface area contributed by atoms with Gasteiger partial charge in [-0.2, -0.15) is 0 Å². The van der Waals surface area contributed by atoms with Crippen LogP contribution in [0.4, 0.5) is 0 Å². The highest BCUT2D eigenvalue weighted by Gasteiger charge is 2.33. The highest BCUT2D eigenvalue weighted by molar-refractivity contribution is 6.03. The van der Waals surface area contributed by atoms with E-state index in [4.69, 9.17) is 0 Å². The zero-order valence-corrected chi connectivity index (χ0v) is 15.1. The normalized spacial score (nSPS) is 11.8. The third-order valence-corrected chi connectivity index (χ3v) is 4.63. The fourth-order valence-electron chi connectivity index (χ4n) is 2.66. The SMILES string of the molecule is CCC(CC)(CO)C(=O)NC/C=C/CNC(=O)c1ncnc2[nH]ccc12. The number of aromatic amines is 1. The summed E-state index contributed by atoms with van der Waals surface area (Å²) >= 11 is 0. The molecular formula is C18H25N5O3. The van der Waals surface area contributed by atoms with Crippen molar-refractivity contribution in [2.45, 2.75) is 26.7 Å². The number of fused-ring (bicyclic) bond motifs is 1. The third kappa shape index (κ3) is 4.26. The quantitative estimate of drug-likeness (QED) is 0.501. The zero-order chi connectivity index (χ0) is 19.0. The number of aromatic nitrogens is 3. The molecule has 0 bridgehead atoms. The van der Waals surface area contributed by atoms with Crippen molar-refractivity contribution in [2.75, 3.05) is 19.7 Å². The van der Waals surface area contributed by atoms with Crippen LogP contribution in [0.15, 0.2) is 30.7 Å². The van der Waals surface area contributed by atoms with Gasteiger partial charge in [0.15, 0.2) is 0 Å². The van der Waals surface area contributed by atoms with Crippen LogP contribution in [0.3, 0.4) is 0 Å². The Morgan fingerprint density at radius 3 is 2.54 bits per heavy atom. The van der Waals surface area contributed by atoms with Crippen molar-refractivity contribution in [3.05, 3.63) is 36.4 Å². The van der Waals surface area contributed by atoms with Crippen molar-refractivity contribution in [3.8, 4) is 0 Å². The van der Waals surface area contributed by atoms with Crippen LogP contribution in [0.1, 0.15) is 37.2 Å². The van der Waals surface area contributed by atoms with Gasteiger partial charge in [-0.05, 0) is 18.9 Å². The Kier molecular flexibility index (Phi) is 6.85. The molecule has 4 N–H and O–H groups in total. The number of rotatable bonds is 9. The zero-order valence-electron chi connectivity index (χ0n) is 15.1. The molecule has 0 spiro atoms. The summed E-state index contributed by atoms with van der Waals surface area (Å²) in [4.78, 5) is 35.4. The monoisotopic (exact) mass is 359 g/mol. The number of hydrogen-bond donors (Lipinski definition) is 4. The highest BCUT2D eigenvalue weighted by atomic mass is 16.3. The Balaban J connectivity index is 1.80. The van der Waals surface area contributed by atoms with Crippen LogP contribution in [-0.2, 0) is 4.79 Å². The van der Waals surface area contributed by atoms with Gasteiger partial charge in [0.05, 0.1) is 17.4 Å². The van der Waals surface area contributed by atoms with Gasteiger partial charge in [-0.1, -0.05) is 26.0 Å². The van der Waals surface area contributed by atoms with Crippen LogP contribution in [0, 0.1) is 5.41 Å². The first-order valence-corrected chi connectivity index (χ1v) is 8.68. The predicted molar refractivity (Wildman–Crippen MR) is 98.5 cm³/mol. The largest absolute Gasteiger partial charge is 0.395 e. The molecule has 2 aromatic heterocycles. The Morgan fingerprint density at radius 1 is 1.19 bits per heavy atom. The van der Waals surface area contributed by atoms with Crippen molar-refractivity contribution < 1.29 is 14.7 Å². The second kappa shape index (κ2) is 9.10. The molecule has 0 aliphatic rings. The van der Waals surface area contributed by atoms with E-state index in [0.717, 1.165) is 0 Å². The number of H-pyrrole nitrogens is 1. The Morgan fingerprint density at radius 2 is 1.88 bits per heavy atom. The molecule has 0 saturated heterocycles. The lowest BCUT2D eigenvalue weighted by molar-refractivity contribution is -0.133. The number of aliphatic hydroxyl groups is 1. The fraction of sp³-hybridized carbons (Fsp3) is 0.444. The van der Waals surface area contributed by atoms with Gasteiger partial charge in [0.25, 0.3) is 5.91 Å². The molecule has 2 aromatic rings. The highest BCUT2D eigenvalue weighted by Crippen LogP contribution is 2.25. The molecule has 0 aliphatic heterocycles. The van der Waals surface area contributed by atoms with Gasteiger partial charge in [-0.15, -0.1) is 0 Å². The lowest BCUT2D eigenvalue weighted by atomic mass is 9.82. The molecule has 0 saturated carbocycles. The lowest BCUT2D eigenvalue weighted by Crippen LogP contribution is -2.43. The minimum atomic E-state index is -0.725. The number of carbonyl (C=O) groups is 2. The molecule has 2 heterocycles. The fourth-order valence-corrected chi connectivity index (χ4v) is 2.66. The summed E-state index contributed by atoms with van der Waals surface area (Å²) in [6.07, 6.45) is 7.73. The standard InChI is InChI=1S/C18H25N5O3/c1-3-18(4-2,11-24)17(26)21-9-6-5-8-20-16(25)14-13-7-10-19-15(13)23-12-22-14/h5-7,10,12,24H,3-4,8-9,11H2,1-2H3,(H,20,25)(H,21,26)(H,19,22,23)/b6-5+. The van der Waals surface area contributed by atoms with Crippen molar-refractivity contribution in [1.29, 1.82) is 0 Å². The van der Waals surface area contributed by atoms with E-state index < -0.39 is 5.41 Å². The summed E-state index contributed by atoms with van der Waals surface area (Å²) in [5.74, 6) is -0.448. The predicted octanol–water partition coefficient (Wildman–Crippen LogP) is 1.16. The van der Waals surface area contributed by atoms with Crippen LogP contribution < -0.4 is 10.6 Å². The van der Waals surface area contributed by atoms with E-state index in [-0.39, 0.29) is 18.4 Å². The average Bonchev–Trinajstić information content (AvgIpc) is 3.15. The lowest BCUT2D eigenvalue weighted by Gasteiger charge is -2.27. The number of nitrogens with zero attached hydrogens (tertiary/aromatic N) is 2. The van der Waals surface area contributed by atoms with Gasteiger partial charge in [0, 0.05) is 19.3 Å². The molecule has 0 aromatic carbocycles. The Labute approximate surface area is 152 Å². The third-order valence-electron chi connectivity index (χ3n) is 4.63. The maximum Gasteiger partial charge on any atom is 0.270 e. The number of hydrogen-bond acceptors (Lipinski definition) is 5. The van der Waals surface area contributed by atoms with Gasteiger partial charge in [0.2, 0.25) is 5.91 Å². The Hall–Kier alpha value is -2.74. The van der Waals surface area contributed by atoms with E-state index in [9.17, 15) is 14.7 Å². The van der Waals surface area contributed by atoms with E-state index >= 15 is 0 Å². The average molecular weight is 359 g/mol. The first-order chi connectivity index (χ1) is 12.6. The first kappa shape index (κ1) is 19.6. The molecule has 26 heavy (non-hydrogen) atoms. The maximum absolute atomic E-state index is 12.2. The summed E-state index contributed by atoms with van der Waals surface area (Å²) < 4.78 is 0. The Bertz CT molecular complexity index is 772. The van der Waals surface area contributed by atoms with Gasteiger partial charge >= 0.3 is 0 Å². The minimum absolute atomic E-state index is 0.158. The summed E-state index contributed by atoms with van der Waals surface area (Å²) in [7, 11) is 0. The molecule has 0 aliphatic carbocycles. The molecule has 2 amide bonds. The van der Waals surface area contributed by atoms with Crippen molar-refractivity contribution in [3.63, 3.8) is 0 Å². The number of amides is 2. The molecule has 0 unspecified atom stereocenters. The number of nitrogens with one attached hydrogen (secondary N) is 3. The molecular weight excluding hydrogens is 334 g/mol. The molecule has 0 fully saturated rings. The minimum Gasteiger partial charge on any atom is -0.395 e. The summed E-state index contributed by atoms with van der Waals surface area (Å²) in [6, 6.07) is 1.75. The number of carbonyl (C=O) groups excluding carboxylic acids is 2. The summed E-state index contributed by atoms with van der Waals surface area (Å²) in [5, 5.41) is 15.7. The molecule has 8 nitrogen and oxygen atoms in total. The van der Waals surface area contributed by atoms with Crippen LogP contribution >= 0.6 is 0 Å². The van der Waals surface area contributed by atoms with E-state index in [1.54, 1.807) is 24.4 Å². The van der Waals surface area contributed by atoms with Crippen molar-refractivity contribution >= 4 is 22.8 Å². The van der Waals surface area contributed by atoms with E-state index in [1.165, 1.54) is 6.33 Å². The van der Waals surface area contributed by atoms with Crippen molar-refractivity contribution in [1.82, 2.24) is 25.6 Å². The van der Waals surface area contributed by atoms with Crippen LogP contribution in [0.2, 0.25) is 0 Å². The second-order valence-corrected chi connectivity index (χ2v) is 6.00. The van der Waals surface area contributed by atoms with Crippen molar-refractivity contribution in [2.24, 2.45) is 5.41 Å². The smallest absolute Gasteiger partial charge is 0.270 e. The van der Waals surface area contributed by atoms with Gasteiger partial charge in [-0.3, -0.25) is 9.59 Å². The van der Waals surface area contributed by atoms with Crippen LogP contribution in [0.5, 0.6) is 0 Å². The summed E-state index contributed by atoms with van der Waals surface area (Å²) in [6.45, 7) is 4.26. The van der Waals surface area contributed by atoms with Gasteiger partial charge < -0.3 is 20.7 Å². The first-order valence-electron chi connectivity index (χ1n) is 8.68.